The van der Waals surface area contributed by atoms with Crippen molar-refractivity contribution in [3.05, 3.63) is 52.6 Å². The molecule has 0 spiro atoms. The lowest BCUT2D eigenvalue weighted by atomic mass is 9.61. The van der Waals surface area contributed by atoms with Gasteiger partial charge in [-0.25, -0.2) is 0 Å². The van der Waals surface area contributed by atoms with Crippen molar-refractivity contribution in [1.82, 2.24) is 0 Å². The number of benzene rings is 1. The molecule has 1 saturated heterocycles. The van der Waals surface area contributed by atoms with Crippen LogP contribution in [0.1, 0.15) is 70.1 Å². The van der Waals surface area contributed by atoms with Gasteiger partial charge >= 0.3 is 5.97 Å². The highest BCUT2D eigenvalue weighted by molar-refractivity contribution is 5.75. The molecule has 0 aromatic heterocycles. The largest absolute Gasteiger partial charge is 0.458 e. The molecule has 0 bridgehead atoms. The molecule has 0 radical (unpaired) electrons. The van der Waals surface area contributed by atoms with Gasteiger partial charge in [-0.05, 0) is 60.3 Å². The van der Waals surface area contributed by atoms with Crippen LogP contribution in [0.4, 0.5) is 0 Å². The number of hydrogen-bond donors (Lipinski definition) is 1. The number of hydrogen-bond acceptors (Lipinski definition) is 3. The Morgan fingerprint density at radius 1 is 1.11 bits per heavy atom. The van der Waals surface area contributed by atoms with Crippen LogP contribution in [0, 0.1) is 24.7 Å². The topological polar surface area (TPSA) is 46.5 Å². The molecule has 1 N–H and O–H groups in total. The summed E-state index contributed by atoms with van der Waals surface area (Å²) < 4.78 is 5.43. The second-order valence-corrected chi connectivity index (χ2v) is 10.2. The van der Waals surface area contributed by atoms with Crippen molar-refractivity contribution < 1.29 is 14.6 Å². The Morgan fingerprint density at radius 2 is 1.75 bits per heavy atom. The predicted molar refractivity (Wildman–Crippen MR) is 114 cm³/mol. The number of carbonyl (C=O) groups excluding carboxylic acids is 1. The van der Waals surface area contributed by atoms with Crippen molar-refractivity contribution in [3.8, 4) is 0 Å². The van der Waals surface area contributed by atoms with E-state index in [4.69, 9.17) is 4.74 Å². The summed E-state index contributed by atoms with van der Waals surface area (Å²) in [6.45, 7) is 13.6. The molecule has 1 aliphatic carbocycles. The van der Waals surface area contributed by atoms with Crippen LogP contribution in [-0.4, -0.2) is 23.3 Å². The lowest BCUT2D eigenvalue weighted by Gasteiger charge is -2.43. The van der Waals surface area contributed by atoms with Gasteiger partial charge in [0.2, 0.25) is 0 Å². The van der Waals surface area contributed by atoms with Crippen molar-refractivity contribution in [1.29, 1.82) is 0 Å². The number of allylic oxidation sites excluding steroid dienone is 3. The zero-order chi connectivity index (χ0) is 20.7. The fourth-order valence-corrected chi connectivity index (χ4v) is 5.20. The Labute approximate surface area is 169 Å². The number of aryl methyl sites for hydroxylation is 2. The minimum atomic E-state index is -0.609. The molecule has 3 nitrogen and oxygen atoms in total. The average molecular weight is 383 g/mol. The highest BCUT2D eigenvalue weighted by Crippen LogP contribution is 2.52. The summed E-state index contributed by atoms with van der Waals surface area (Å²) in [7, 11) is 0. The number of aliphatic hydroxyl groups excluding tert-OH is 1. The van der Waals surface area contributed by atoms with Gasteiger partial charge in [-0.1, -0.05) is 63.1 Å². The van der Waals surface area contributed by atoms with E-state index in [0.29, 0.717) is 6.42 Å². The minimum absolute atomic E-state index is 0.0164. The third-order valence-corrected chi connectivity index (χ3v) is 5.87. The molecule has 1 fully saturated rings. The molecule has 2 unspecified atom stereocenters. The van der Waals surface area contributed by atoms with Gasteiger partial charge in [-0.15, -0.1) is 0 Å². The second kappa shape index (κ2) is 7.51. The number of carbonyl (C=O) groups is 1. The van der Waals surface area contributed by atoms with Crippen molar-refractivity contribution in [2.75, 3.05) is 0 Å². The Hall–Kier alpha value is -1.87. The Balaban J connectivity index is 2.06. The van der Waals surface area contributed by atoms with Crippen molar-refractivity contribution in [3.63, 3.8) is 0 Å². The Bertz CT molecular complexity index is 806. The summed E-state index contributed by atoms with van der Waals surface area (Å²) in [5, 5.41) is 9.90. The zero-order valence-corrected chi connectivity index (χ0v) is 18.1. The molecule has 152 valence electrons. The predicted octanol–water partition coefficient (Wildman–Crippen LogP) is 5.53. The number of esters is 1. The summed E-state index contributed by atoms with van der Waals surface area (Å²) in [6, 6.07) is 6.76. The summed E-state index contributed by atoms with van der Waals surface area (Å²) in [5.41, 5.74) is 6.77. The summed E-state index contributed by atoms with van der Waals surface area (Å²) in [6.07, 6.45) is 5.85. The molecule has 3 heteroatoms. The van der Waals surface area contributed by atoms with E-state index in [1.807, 2.05) is 6.08 Å². The first-order valence-electron chi connectivity index (χ1n) is 10.3. The van der Waals surface area contributed by atoms with E-state index in [2.05, 4.69) is 65.8 Å². The molecule has 1 heterocycles. The molecule has 2 atom stereocenters. The van der Waals surface area contributed by atoms with Crippen molar-refractivity contribution in [2.45, 2.75) is 79.4 Å². The lowest BCUT2D eigenvalue weighted by molar-refractivity contribution is -0.156. The monoisotopic (exact) mass is 382 g/mol. The standard InChI is InChI=1S/C25H34O3/c1-16-9-17(2)11-18(10-16)21-14-24(3,4)15-25(5,6)22(21)8-7-20-12-19(26)13-23(27)28-20/h7-11,19-20,26H,12-15H2,1-6H3. The first-order valence-corrected chi connectivity index (χ1v) is 10.3. The highest BCUT2D eigenvalue weighted by Gasteiger charge is 2.38. The summed E-state index contributed by atoms with van der Waals surface area (Å²) >= 11 is 0. The van der Waals surface area contributed by atoms with Gasteiger partial charge in [0.05, 0.1) is 12.5 Å². The lowest BCUT2D eigenvalue weighted by Crippen LogP contribution is -2.32. The van der Waals surface area contributed by atoms with Crippen LogP contribution < -0.4 is 0 Å². The van der Waals surface area contributed by atoms with Gasteiger partial charge in [0.1, 0.15) is 6.10 Å². The molecule has 1 aliphatic heterocycles. The molecule has 0 amide bonds. The second-order valence-electron chi connectivity index (χ2n) is 10.2. The van der Waals surface area contributed by atoms with Crippen LogP contribution in [0.3, 0.4) is 0 Å². The molecular weight excluding hydrogens is 348 g/mol. The summed E-state index contributed by atoms with van der Waals surface area (Å²) in [5.74, 6) is -0.319. The molecule has 0 saturated carbocycles. The molecule has 1 aromatic carbocycles. The molecule has 2 aliphatic rings. The van der Waals surface area contributed by atoms with Gasteiger partial charge in [0.15, 0.2) is 0 Å². The van der Waals surface area contributed by atoms with Gasteiger partial charge in [-0.2, -0.15) is 0 Å². The van der Waals surface area contributed by atoms with E-state index in [1.165, 1.54) is 27.8 Å². The van der Waals surface area contributed by atoms with Gasteiger partial charge < -0.3 is 9.84 Å². The maximum atomic E-state index is 11.7. The van der Waals surface area contributed by atoms with Crippen molar-refractivity contribution in [2.24, 2.45) is 10.8 Å². The normalized spacial score (nSPS) is 27.2. The quantitative estimate of drug-likeness (QED) is 0.700. The van der Waals surface area contributed by atoms with Crippen molar-refractivity contribution >= 4 is 11.5 Å². The first-order chi connectivity index (χ1) is 12.9. The zero-order valence-electron chi connectivity index (χ0n) is 18.1. The maximum absolute atomic E-state index is 11.7. The summed E-state index contributed by atoms with van der Waals surface area (Å²) in [4.78, 5) is 11.7. The van der Waals surface area contributed by atoms with Crippen LogP contribution >= 0.6 is 0 Å². The number of rotatable bonds is 3. The van der Waals surface area contributed by atoms with Crippen LogP contribution in [-0.2, 0) is 9.53 Å². The number of aliphatic hydroxyl groups is 1. The number of ether oxygens (including phenoxy) is 1. The molecular formula is C25H34O3. The van der Waals surface area contributed by atoms with E-state index < -0.39 is 6.10 Å². The molecule has 28 heavy (non-hydrogen) atoms. The van der Waals surface area contributed by atoms with Gasteiger partial charge in [-0.3, -0.25) is 4.79 Å². The third-order valence-electron chi connectivity index (χ3n) is 5.87. The number of cyclic esters (lactones) is 1. The highest BCUT2D eigenvalue weighted by atomic mass is 16.5. The SMILES string of the molecule is Cc1cc(C)cc(C2=C(C=CC3CC(O)CC(=O)O3)C(C)(C)CC(C)(C)C2)c1. The fourth-order valence-electron chi connectivity index (χ4n) is 5.20. The Kier molecular flexibility index (Phi) is 5.60. The molecule has 1 aromatic rings. The first kappa shape index (κ1) is 20.9. The minimum Gasteiger partial charge on any atom is -0.458 e. The van der Waals surface area contributed by atoms with Crippen LogP contribution in [0.25, 0.3) is 5.57 Å². The van der Waals surface area contributed by atoms with E-state index >= 15 is 0 Å². The fraction of sp³-hybridized carbons (Fsp3) is 0.560. The smallest absolute Gasteiger partial charge is 0.309 e. The van der Waals surface area contributed by atoms with E-state index in [0.717, 1.165) is 12.8 Å². The molecule has 3 rings (SSSR count). The van der Waals surface area contributed by atoms with Crippen LogP contribution in [0.2, 0.25) is 0 Å². The van der Waals surface area contributed by atoms with E-state index in [1.54, 1.807) is 0 Å². The maximum Gasteiger partial charge on any atom is 0.309 e. The average Bonchev–Trinajstić information content (AvgIpc) is 2.49. The van der Waals surface area contributed by atoms with Gasteiger partial charge in [0.25, 0.3) is 0 Å². The third kappa shape index (κ3) is 4.75. The van der Waals surface area contributed by atoms with E-state index in [-0.39, 0.29) is 29.3 Å². The van der Waals surface area contributed by atoms with Crippen LogP contribution in [0.15, 0.2) is 35.9 Å². The Morgan fingerprint density at radius 3 is 2.36 bits per heavy atom. The van der Waals surface area contributed by atoms with Crippen LogP contribution in [0.5, 0.6) is 0 Å². The van der Waals surface area contributed by atoms with Gasteiger partial charge in [0, 0.05) is 6.42 Å². The van der Waals surface area contributed by atoms with E-state index in [9.17, 15) is 9.90 Å².